The van der Waals surface area contributed by atoms with E-state index in [0.717, 1.165) is 5.92 Å². The van der Waals surface area contributed by atoms with Crippen LogP contribution in [0.4, 0.5) is 0 Å². The third kappa shape index (κ3) is 3.68. The molecular formula is C12H25N. The largest absolute Gasteiger partial charge is 0.314 e. The van der Waals surface area contributed by atoms with Gasteiger partial charge in [0.1, 0.15) is 0 Å². The molecule has 0 radical (unpaired) electrons. The summed E-state index contributed by atoms with van der Waals surface area (Å²) < 4.78 is 0. The molecule has 0 heterocycles. The molecule has 1 rings (SSSR count). The lowest BCUT2D eigenvalue weighted by atomic mass is 9.70. The summed E-state index contributed by atoms with van der Waals surface area (Å²) in [5.74, 6) is 0.816. The Labute approximate surface area is 83.3 Å². The zero-order valence-electron chi connectivity index (χ0n) is 9.69. The predicted octanol–water partition coefficient (Wildman–Crippen LogP) is 3.20. The van der Waals surface area contributed by atoms with Gasteiger partial charge in [0.15, 0.2) is 0 Å². The molecule has 0 aromatic carbocycles. The Morgan fingerprint density at radius 1 is 1.23 bits per heavy atom. The topological polar surface area (TPSA) is 12.0 Å². The Hall–Kier alpha value is -0.0400. The van der Waals surface area contributed by atoms with Gasteiger partial charge >= 0.3 is 0 Å². The minimum Gasteiger partial charge on any atom is -0.314 e. The summed E-state index contributed by atoms with van der Waals surface area (Å²) in [6.07, 6.45) is 5.59. The summed E-state index contributed by atoms with van der Waals surface area (Å²) in [4.78, 5) is 0. The highest BCUT2D eigenvalue weighted by Crippen LogP contribution is 2.39. The van der Waals surface area contributed by atoms with Gasteiger partial charge in [-0.3, -0.25) is 0 Å². The Kier molecular flexibility index (Phi) is 3.78. The number of hydrogen-bond acceptors (Lipinski definition) is 1. The fourth-order valence-corrected chi connectivity index (χ4v) is 2.17. The quantitative estimate of drug-likeness (QED) is 0.690. The molecule has 13 heavy (non-hydrogen) atoms. The molecule has 0 bridgehead atoms. The highest BCUT2D eigenvalue weighted by molar-refractivity contribution is 4.86. The fraction of sp³-hybridized carbons (Fsp3) is 1.00. The minimum absolute atomic E-state index is 0.630. The van der Waals surface area contributed by atoms with Crippen molar-refractivity contribution >= 4 is 0 Å². The van der Waals surface area contributed by atoms with Gasteiger partial charge < -0.3 is 5.32 Å². The normalized spacial score (nSPS) is 22.8. The highest BCUT2D eigenvalue weighted by atomic mass is 14.9. The minimum atomic E-state index is 0.630. The molecule has 0 saturated heterocycles. The van der Waals surface area contributed by atoms with Crippen molar-refractivity contribution in [2.75, 3.05) is 6.54 Å². The second kappa shape index (κ2) is 4.45. The van der Waals surface area contributed by atoms with Crippen molar-refractivity contribution in [2.24, 2.45) is 11.3 Å². The molecule has 0 aromatic rings. The van der Waals surface area contributed by atoms with E-state index in [-0.39, 0.29) is 0 Å². The van der Waals surface area contributed by atoms with Gasteiger partial charge in [-0.2, -0.15) is 0 Å². The Morgan fingerprint density at radius 3 is 2.23 bits per heavy atom. The van der Waals surface area contributed by atoms with Gasteiger partial charge in [-0.05, 0) is 37.5 Å². The fourth-order valence-electron chi connectivity index (χ4n) is 2.17. The van der Waals surface area contributed by atoms with E-state index in [9.17, 15) is 0 Å². The maximum Gasteiger partial charge on any atom is 0.00413 e. The molecule has 1 saturated carbocycles. The summed E-state index contributed by atoms with van der Waals surface area (Å²) in [5.41, 5.74) is 0.630. The van der Waals surface area contributed by atoms with Crippen LogP contribution in [0.5, 0.6) is 0 Å². The molecule has 0 amide bonds. The second-order valence-corrected chi connectivity index (χ2v) is 5.58. The first-order chi connectivity index (χ1) is 6.02. The summed E-state index contributed by atoms with van der Waals surface area (Å²) in [6, 6.07) is 0.692. The van der Waals surface area contributed by atoms with Crippen LogP contribution in [-0.4, -0.2) is 12.6 Å². The van der Waals surface area contributed by atoms with Crippen LogP contribution in [0.1, 0.15) is 53.4 Å². The summed E-state index contributed by atoms with van der Waals surface area (Å²) in [7, 11) is 0. The lowest BCUT2D eigenvalue weighted by molar-refractivity contribution is 0.150. The number of hydrogen-bond donors (Lipinski definition) is 1. The molecule has 1 unspecified atom stereocenters. The first-order valence-electron chi connectivity index (χ1n) is 5.75. The molecule has 1 N–H and O–H groups in total. The van der Waals surface area contributed by atoms with Gasteiger partial charge in [0.2, 0.25) is 0 Å². The Bertz CT molecular complexity index is 147. The Morgan fingerprint density at radius 2 is 1.85 bits per heavy atom. The lowest BCUT2D eigenvalue weighted by Crippen LogP contribution is -2.41. The SMILES string of the molecule is CC(C)CC(C)NCC1(C)CCC1. The average molecular weight is 183 g/mol. The van der Waals surface area contributed by atoms with Crippen LogP contribution in [0.15, 0.2) is 0 Å². The number of rotatable bonds is 5. The van der Waals surface area contributed by atoms with Gasteiger partial charge in [-0.25, -0.2) is 0 Å². The summed E-state index contributed by atoms with van der Waals surface area (Å²) in [6.45, 7) is 10.5. The van der Waals surface area contributed by atoms with Gasteiger partial charge in [-0.1, -0.05) is 27.2 Å². The standard InChI is InChI=1S/C12H25N/c1-10(2)8-11(3)13-9-12(4)6-5-7-12/h10-11,13H,5-9H2,1-4H3. The van der Waals surface area contributed by atoms with Crippen LogP contribution in [0.2, 0.25) is 0 Å². The van der Waals surface area contributed by atoms with Gasteiger partial charge in [0.25, 0.3) is 0 Å². The zero-order chi connectivity index (χ0) is 9.90. The highest BCUT2D eigenvalue weighted by Gasteiger charge is 2.31. The molecule has 78 valence electrons. The molecular weight excluding hydrogens is 158 g/mol. The molecule has 1 atom stereocenters. The maximum atomic E-state index is 3.66. The molecule has 1 nitrogen and oxygen atoms in total. The van der Waals surface area contributed by atoms with Gasteiger partial charge in [0, 0.05) is 12.6 Å². The smallest absolute Gasteiger partial charge is 0.00413 e. The second-order valence-electron chi connectivity index (χ2n) is 5.58. The van der Waals surface area contributed by atoms with E-state index < -0.39 is 0 Å². The van der Waals surface area contributed by atoms with E-state index >= 15 is 0 Å². The maximum absolute atomic E-state index is 3.66. The van der Waals surface area contributed by atoms with Crippen LogP contribution >= 0.6 is 0 Å². The molecule has 1 fully saturated rings. The van der Waals surface area contributed by atoms with Crippen LogP contribution in [0.25, 0.3) is 0 Å². The van der Waals surface area contributed by atoms with E-state index in [4.69, 9.17) is 0 Å². The van der Waals surface area contributed by atoms with Gasteiger partial charge in [-0.15, -0.1) is 0 Å². The van der Waals surface area contributed by atoms with Gasteiger partial charge in [0.05, 0.1) is 0 Å². The van der Waals surface area contributed by atoms with E-state index in [1.165, 1.54) is 32.2 Å². The third-order valence-electron chi connectivity index (χ3n) is 3.26. The molecule has 1 aliphatic carbocycles. The van der Waals surface area contributed by atoms with Crippen LogP contribution in [-0.2, 0) is 0 Å². The van der Waals surface area contributed by atoms with E-state index in [2.05, 4.69) is 33.0 Å². The molecule has 1 aliphatic rings. The van der Waals surface area contributed by atoms with Crippen LogP contribution in [0, 0.1) is 11.3 Å². The van der Waals surface area contributed by atoms with Crippen LogP contribution in [0.3, 0.4) is 0 Å². The summed E-state index contributed by atoms with van der Waals surface area (Å²) >= 11 is 0. The molecule has 0 spiro atoms. The number of nitrogens with one attached hydrogen (secondary N) is 1. The van der Waals surface area contributed by atoms with Crippen molar-refractivity contribution < 1.29 is 0 Å². The lowest BCUT2D eigenvalue weighted by Gasteiger charge is -2.39. The van der Waals surface area contributed by atoms with E-state index in [1.807, 2.05) is 0 Å². The van der Waals surface area contributed by atoms with Crippen molar-refractivity contribution in [3.63, 3.8) is 0 Å². The summed E-state index contributed by atoms with van der Waals surface area (Å²) in [5, 5.41) is 3.66. The van der Waals surface area contributed by atoms with Crippen molar-refractivity contribution in [2.45, 2.75) is 59.4 Å². The molecule has 1 heteroatoms. The Balaban J connectivity index is 2.10. The van der Waals surface area contributed by atoms with E-state index in [0.29, 0.717) is 11.5 Å². The first kappa shape index (κ1) is 11.0. The van der Waals surface area contributed by atoms with Crippen molar-refractivity contribution in [1.29, 1.82) is 0 Å². The predicted molar refractivity (Wildman–Crippen MR) is 58.9 cm³/mol. The van der Waals surface area contributed by atoms with Crippen molar-refractivity contribution in [1.82, 2.24) is 5.32 Å². The monoisotopic (exact) mass is 183 g/mol. The molecule has 0 aliphatic heterocycles. The first-order valence-corrected chi connectivity index (χ1v) is 5.75. The average Bonchev–Trinajstić information content (AvgIpc) is 1.96. The third-order valence-corrected chi connectivity index (χ3v) is 3.26. The zero-order valence-corrected chi connectivity index (χ0v) is 9.69. The van der Waals surface area contributed by atoms with E-state index in [1.54, 1.807) is 0 Å². The van der Waals surface area contributed by atoms with Crippen molar-refractivity contribution in [3.8, 4) is 0 Å². The van der Waals surface area contributed by atoms with Crippen LogP contribution < -0.4 is 5.32 Å². The van der Waals surface area contributed by atoms with Crippen molar-refractivity contribution in [3.05, 3.63) is 0 Å². The molecule has 0 aromatic heterocycles.